The van der Waals surface area contributed by atoms with E-state index in [1.54, 1.807) is 6.08 Å². The number of aliphatic hydroxyl groups is 1. The van der Waals surface area contributed by atoms with Gasteiger partial charge in [-0.3, -0.25) is 4.79 Å². The van der Waals surface area contributed by atoms with Gasteiger partial charge in [-0.2, -0.15) is 0 Å². The monoisotopic (exact) mass is 475 g/mol. The van der Waals surface area contributed by atoms with E-state index in [4.69, 9.17) is 9.47 Å². The van der Waals surface area contributed by atoms with Crippen LogP contribution < -0.4 is 5.32 Å². The van der Waals surface area contributed by atoms with Gasteiger partial charge in [-0.25, -0.2) is 4.79 Å². The average molecular weight is 476 g/mol. The molecule has 6 heteroatoms. The summed E-state index contributed by atoms with van der Waals surface area (Å²) in [6, 6.07) is 19.3. The van der Waals surface area contributed by atoms with Crippen LogP contribution in [0.1, 0.15) is 44.2 Å². The van der Waals surface area contributed by atoms with Crippen LogP contribution in [-0.2, 0) is 24.7 Å². The molecule has 2 aromatic rings. The molecule has 0 radical (unpaired) electrons. The second-order valence-corrected chi connectivity index (χ2v) is 10.4. The van der Waals surface area contributed by atoms with Gasteiger partial charge in [0.1, 0.15) is 18.3 Å². The van der Waals surface area contributed by atoms with Gasteiger partial charge in [0, 0.05) is 18.4 Å². The first-order chi connectivity index (χ1) is 16.9. The van der Waals surface area contributed by atoms with E-state index in [9.17, 15) is 14.7 Å². The quantitative estimate of drug-likeness (QED) is 0.490. The Balaban J connectivity index is 1.54. The van der Waals surface area contributed by atoms with Crippen LogP contribution in [0.3, 0.4) is 0 Å². The predicted molar refractivity (Wildman–Crippen MR) is 132 cm³/mol. The first-order valence-corrected chi connectivity index (χ1v) is 12.5. The van der Waals surface area contributed by atoms with Gasteiger partial charge in [0.15, 0.2) is 0 Å². The number of ether oxygens (including phenoxy) is 2. The molecule has 2 saturated heterocycles. The number of aliphatic hydroxyl groups excluding tert-OH is 1. The molecule has 5 rings (SSSR count). The van der Waals surface area contributed by atoms with Crippen molar-refractivity contribution in [3.05, 3.63) is 77.9 Å². The molecule has 1 saturated carbocycles. The number of hydrogen-bond donors (Lipinski definition) is 2. The van der Waals surface area contributed by atoms with Crippen molar-refractivity contribution in [2.45, 2.75) is 56.5 Å². The predicted octanol–water partition coefficient (Wildman–Crippen LogP) is 3.84. The maximum Gasteiger partial charge on any atom is 0.331 e. The van der Waals surface area contributed by atoms with Crippen LogP contribution in [0.4, 0.5) is 0 Å². The van der Waals surface area contributed by atoms with E-state index in [0.29, 0.717) is 12.3 Å². The number of carbonyl (C=O) groups excluding carboxylic acids is 2. The molecule has 1 amide bonds. The molecule has 184 valence electrons. The lowest BCUT2D eigenvalue weighted by Gasteiger charge is -2.51. The summed E-state index contributed by atoms with van der Waals surface area (Å²) in [5.74, 6) is -0.259. The molecule has 1 aliphatic carbocycles. The van der Waals surface area contributed by atoms with Crippen molar-refractivity contribution in [3.8, 4) is 0 Å². The minimum Gasteiger partial charge on any atom is -0.455 e. The minimum absolute atomic E-state index is 0.0964. The van der Waals surface area contributed by atoms with Gasteiger partial charge in [-0.1, -0.05) is 67.6 Å². The van der Waals surface area contributed by atoms with Crippen LogP contribution in [-0.4, -0.2) is 41.3 Å². The summed E-state index contributed by atoms with van der Waals surface area (Å²) in [6.45, 7) is 3.72. The lowest BCUT2D eigenvalue weighted by Crippen LogP contribution is -2.60. The van der Waals surface area contributed by atoms with E-state index in [-0.39, 0.29) is 17.9 Å². The number of amides is 1. The van der Waals surface area contributed by atoms with E-state index < -0.39 is 35.8 Å². The second kappa shape index (κ2) is 9.25. The molecule has 6 nitrogen and oxygen atoms in total. The Kier molecular flexibility index (Phi) is 6.28. The van der Waals surface area contributed by atoms with E-state index in [1.807, 2.05) is 60.7 Å². The summed E-state index contributed by atoms with van der Waals surface area (Å²) in [7, 11) is 0. The van der Waals surface area contributed by atoms with E-state index in [0.717, 1.165) is 24.0 Å². The molecule has 2 aliphatic heterocycles. The Hall–Kier alpha value is -2.96. The summed E-state index contributed by atoms with van der Waals surface area (Å²) in [5.41, 5.74) is 0.349. The van der Waals surface area contributed by atoms with Crippen LogP contribution >= 0.6 is 0 Å². The van der Waals surface area contributed by atoms with E-state index >= 15 is 0 Å². The fourth-order valence-electron chi connectivity index (χ4n) is 6.79. The van der Waals surface area contributed by atoms with Gasteiger partial charge < -0.3 is 19.9 Å². The van der Waals surface area contributed by atoms with Crippen molar-refractivity contribution in [3.63, 3.8) is 0 Å². The normalized spacial score (nSPS) is 35.6. The number of hydrogen-bond acceptors (Lipinski definition) is 5. The number of nitrogens with one attached hydrogen (secondary N) is 1. The summed E-state index contributed by atoms with van der Waals surface area (Å²) in [6.07, 6.45) is 5.17. The number of fused-ring (bicyclic) bond motifs is 4. The van der Waals surface area contributed by atoms with Crippen molar-refractivity contribution in [2.24, 2.45) is 17.8 Å². The fourth-order valence-corrected chi connectivity index (χ4v) is 6.79. The zero-order valence-electron chi connectivity index (χ0n) is 20.2. The Bertz CT molecular complexity index is 1100. The van der Waals surface area contributed by atoms with E-state index in [2.05, 4.69) is 19.2 Å². The lowest BCUT2D eigenvalue weighted by molar-refractivity contribution is -0.251. The topological polar surface area (TPSA) is 84.9 Å². The zero-order chi connectivity index (χ0) is 24.6. The Morgan fingerprint density at radius 2 is 1.80 bits per heavy atom. The van der Waals surface area contributed by atoms with Crippen molar-refractivity contribution in [2.75, 3.05) is 6.61 Å². The smallest absolute Gasteiger partial charge is 0.331 e. The van der Waals surface area contributed by atoms with Crippen LogP contribution in [0.15, 0.2) is 66.7 Å². The van der Waals surface area contributed by atoms with Crippen molar-refractivity contribution >= 4 is 18.0 Å². The standard InChI is InChI=1S/C29H33NO5/c1-19-13-15-22-26(19)27(34-25(33)16-14-20-9-5-3-6-10-20)29(21-11-7-4-8-12-21)17-23(28(22,2)35-29)30-24(32)18-31/h3-12,14,16,19,22-23,26-27,31H,13,15,17-18H2,1-2H3,(H,30,32)/b16-14+/t19-,22-,23+,26+,27-,28-,29+/m1/s1. The fraction of sp³-hybridized carbons (Fsp3) is 0.448. The molecule has 0 unspecified atom stereocenters. The Morgan fingerprint density at radius 1 is 1.11 bits per heavy atom. The third kappa shape index (κ3) is 4.09. The summed E-state index contributed by atoms with van der Waals surface area (Å²) >= 11 is 0. The molecule has 3 aliphatic rings. The van der Waals surface area contributed by atoms with Gasteiger partial charge in [0.05, 0.1) is 11.6 Å². The van der Waals surface area contributed by atoms with Gasteiger partial charge >= 0.3 is 5.97 Å². The number of esters is 1. The number of rotatable bonds is 6. The average Bonchev–Trinajstić information content (AvgIpc) is 3.39. The molecule has 2 aromatic carbocycles. The summed E-state index contributed by atoms with van der Waals surface area (Å²) in [5, 5.41) is 12.4. The second-order valence-electron chi connectivity index (χ2n) is 10.4. The molecule has 7 atom stereocenters. The third-order valence-corrected chi connectivity index (χ3v) is 8.40. The van der Waals surface area contributed by atoms with Gasteiger partial charge in [0.25, 0.3) is 0 Å². The highest BCUT2D eigenvalue weighted by Gasteiger charge is 2.71. The molecule has 0 spiro atoms. The highest BCUT2D eigenvalue weighted by Crippen LogP contribution is 2.63. The highest BCUT2D eigenvalue weighted by atomic mass is 16.6. The van der Waals surface area contributed by atoms with Gasteiger partial charge in [-0.05, 0) is 48.8 Å². The Morgan fingerprint density at radius 3 is 2.49 bits per heavy atom. The molecule has 0 aromatic heterocycles. The number of carbonyl (C=O) groups is 2. The zero-order valence-corrected chi connectivity index (χ0v) is 20.2. The lowest BCUT2D eigenvalue weighted by atomic mass is 9.70. The molecule has 2 heterocycles. The Labute approximate surface area is 206 Å². The maximum absolute atomic E-state index is 13.1. The summed E-state index contributed by atoms with van der Waals surface area (Å²) in [4.78, 5) is 25.4. The number of benzene rings is 2. The first-order valence-electron chi connectivity index (χ1n) is 12.5. The molecule has 35 heavy (non-hydrogen) atoms. The highest BCUT2D eigenvalue weighted by molar-refractivity contribution is 5.87. The third-order valence-electron chi connectivity index (χ3n) is 8.40. The van der Waals surface area contributed by atoms with Crippen LogP contribution in [0, 0.1) is 17.8 Å². The van der Waals surface area contributed by atoms with Crippen LogP contribution in [0.25, 0.3) is 6.08 Å². The first kappa shape index (κ1) is 23.8. The minimum atomic E-state index is -0.889. The SMILES string of the molecule is C[C@@H]1CC[C@@H]2[C@H]1[C@@H](OC(=O)/C=C/c1ccccc1)[C@@]1(c3ccccc3)C[C@H](NC(=O)CO)[C@]2(C)O1. The largest absolute Gasteiger partial charge is 0.455 e. The molecule has 2 bridgehead atoms. The van der Waals surface area contributed by atoms with Crippen LogP contribution in [0.5, 0.6) is 0 Å². The van der Waals surface area contributed by atoms with Gasteiger partial charge in [0.2, 0.25) is 5.91 Å². The summed E-state index contributed by atoms with van der Waals surface area (Å²) < 4.78 is 13.3. The van der Waals surface area contributed by atoms with E-state index in [1.165, 1.54) is 6.08 Å². The van der Waals surface area contributed by atoms with Gasteiger partial charge in [-0.15, -0.1) is 0 Å². The molecule has 2 N–H and O–H groups in total. The van der Waals surface area contributed by atoms with Crippen molar-refractivity contribution in [1.29, 1.82) is 0 Å². The maximum atomic E-state index is 13.1. The van der Waals surface area contributed by atoms with Crippen LogP contribution in [0.2, 0.25) is 0 Å². The van der Waals surface area contributed by atoms with Crippen molar-refractivity contribution < 1.29 is 24.2 Å². The molecular formula is C29H33NO5. The molecular weight excluding hydrogens is 442 g/mol. The molecule has 3 fully saturated rings. The van der Waals surface area contributed by atoms with Crippen molar-refractivity contribution in [1.82, 2.24) is 5.32 Å².